The average molecular weight is 360 g/mol. The van der Waals surface area contributed by atoms with Gasteiger partial charge in [-0.1, -0.05) is 23.5 Å². The molecule has 1 heterocycles. The van der Waals surface area contributed by atoms with Crippen LogP contribution in [0.1, 0.15) is 15.4 Å². The number of para-hydroxylation sites is 1. The Bertz CT molecular complexity index is 568. The number of aromatic nitrogens is 1. The Morgan fingerprint density at radius 3 is 2.76 bits per heavy atom. The van der Waals surface area contributed by atoms with Gasteiger partial charge in [0.15, 0.2) is 5.13 Å². The largest absolute Gasteiger partial charge is 0.477 e. The van der Waals surface area contributed by atoms with E-state index in [9.17, 15) is 4.79 Å². The van der Waals surface area contributed by atoms with Crippen molar-refractivity contribution in [3.8, 4) is 0 Å². The number of nitrogens with one attached hydrogen (secondary N) is 1. The number of benzene rings is 1. The van der Waals surface area contributed by atoms with Crippen molar-refractivity contribution in [3.63, 3.8) is 0 Å². The fourth-order valence-corrected chi connectivity index (χ4v) is 2.67. The predicted molar refractivity (Wildman–Crippen MR) is 76.3 cm³/mol. The minimum Gasteiger partial charge on any atom is -0.477 e. The van der Waals surface area contributed by atoms with Crippen molar-refractivity contribution < 1.29 is 9.90 Å². The van der Waals surface area contributed by atoms with Crippen LogP contribution in [-0.4, -0.2) is 16.1 Å². The minimum atomic E-state index is -0.934. The van der Waals surface area contributed by atoms with E-state index in [-0.39, 0.29) is 4.88 Å². The van der Waals surface area contributed by atoms with Gasteiger partial charge in [0.1, 0.15) is 4.88 Å². The summed E-state index contributed by atoms with van der Waals surface area (Å²) in [6.45, 7) is 1.70. The zero-order valence-electron chi connectivity index (χ0n) is 8.90. The van der Waals surface area contributed by atoms with E-state index in [2.05, 4.69) is 32.9 Å². The third-order valence-corrected chi connectivity index (χ3v) is 4.11. The summed E-state index contributed by atoms with van der Waals surface area (Å²) in [5, 5.41) is 12.7. The Balaban J connectivity index is 2.28. The molecule has 88 valence electrons. The normalized spacial score (nSPS) is 10.2. The Kier molecular flexibility index (Phi) is 3.63. The molecule has 0 atom stereocenters. The summed E-state index contributed by atoms with van der Waals surface area (Å²) in [5.41, 5.74) is 1.47. The topological polar surface area (TPSA) is 62.2 Å². The number of carboxylic acids is 1. The number of aromatic carboxylic acids is 1. The number of carbonyl (C=O) groups is 1. The van der Waals surface area contributed by atoms with Crippen LogP contribution in [0.3, 0.4) is 0 Å². The zero-order valence-corrected chi connectivity index (χ0v) is 11.9. The number of anilines is 2. The molecule has 17 heavy (non-hydrogen) atoms. The van der Waals surface area contributed by atoms with Gasteiger partial charge in [0.25, 0.3) is 0 Å². The van der Waals surface area contributed by atoms with Gasteiger partial charge in [-0.2, -0.15) is 0 Å². The van der Waals surface area contributed by atoms with E-state index in [0.717, 1.165) is 20.6 Å². The second kappa shape index (κ2) is 5.01. The van der Waals surface area contributed by atoms with Crippen molar-refractivity contribution in [2.45, 2.75) is 6.92 Å². The molecule has 0 bridgehead atoms. The lowest BCUT2D eigenvalue weighted by Crippen LogP contribution is -1.94. The van der Waals surface area contributed by atoms with Crippen LogP contribution >= 0.6 is 33.9 Å². The third-order valence-electron chi connectivity index (χ3n) is 2.11. The van der Waals surface area contributed by atoms with Crippen LogP contribution in [0.15, 0.2) is 24.3 Å². The van der Waals surface area contributed by atoms with E-state index in [4.69, 9.17) is 5.11 Å². The summed E-state index contributed by atoms with van der Waals surface area (Å²) in [4.78, 5) is 15.4. The van der Waals surface area contributed by atoms with Gasteiger partial charge in [0.2, 0.25) is 0 Å². The number of nitrogens with zero attached hydrogens (tertiary/aromatic N) is 1. The van der Waals surface area contributed by atoms with Crippen LogP contribution in [0, 0.1) is 10.5 Å². The number of halogens is 1. The van der Waals surface area contributed by atoms with E-state index in [1.165, 1.54) is 0 Å². The van der Waals surface area contributed by atoms with Crippen LogP contribution in [0.25, 0.3) is 0 Å². The summed E-state index contributed by atoms with van der Waals surface area (Å²) in [6, 6.07) is 7.77. The van der Waals surface area contributed by atoms with E-state index in [1.54, 1.807) is 6.92 Å². The SMILES string of the molecule is Cc1nc(Nc2ccccc2I)sc1C(=O)O. The first kappa shape index (κ1) is 12.3. The van der Waals surface area contributed by atoms with E-state index in [1.807, 2.05) is 24.3 Å². The summed E-state index contributed by atoms with van der Waals surface area (Å²) in [6.07, 6.45) is 0. The molecule has 0 amide bonds. The maximum atomic E-state index is 10.9. The van der Waals surface area contributed by atoms with Gasteiger partial charge >= 0.3 is 5.97 Å². The molecule has 1 aromatic heterocycles. The standard InChI is InChI=1S/C11H9IN2O2S/c1-6-9(10(15)16)17-11(13-6)14-8-5-3-2-4-7(8)12/h2-5H,1H3,(H,13,14)(H,15,16). The Hall–Kier alpha value is -1.15. The molecular formula is C11H9IN2O2S. The van der Waals surface area contributed by atoms with E-state index < -0.39 is 5.97 Å². The molecule has 0 spiro atoms. The van der Waals surface area contributed by atoms with Gasteiger partial charge < -0.3 is 10.4 Å². The van der Waals surface area contributed by atoms with Gasteiger partial charge in [0, 0.05) is 3.57 Å². The molecule has 2 N–H and O–H groups in total. The minimum absolute atomic E-state index is 0.276. The lowest BCUT2D eigenvalue weighted by atomic mass is 10.3. The fraction of sp³-hybridized carbons (Fsp3) is 0.0909. The Labute approximate surface area is 116 Å². The molecule has 0 aliphatic rings. The zero-order chi connectivity index (χ0) is 12.4. The van der Waals surface area contributed by atoms with E-state index in [0.29, 0.717) is 10.8 Å². The van der Waals surface area contributed by atoms with Gasteiger partial charge in [0.05, 0.1) is 11.4 Å². The number of aryl methyl sites for hydroxylation is 1. The summed E-state index contributed by atoms with van der Waals surface area (Å²) in [5.74, 6) is -0.934. The van der Waals surface area contributed by atoms with Crippen molar-refractivity contribution in [2.24, 2.45) is 0 Å². The number of thiazole rings is 1. The molecule has 0 unspecified atom stereocenters. The predicted octanol–water partition coefficient (Wildman–Crippen LogP) is 3.50. The second-order valence-electron chi connectivity index (χ2n) is 3.34. The molecular weight excluding hydrogens is 351 g/mol. The quantitative estimate of drug-likeness (QED) is 0.823. The molecule has 0 aliphatic heterocycles. The Morgan fingerprint density at radius 2 is 2.18 bits per heavy atom. The van der Waals surface area contributed by atoms with Crippen LogP contribution in [0.2, 0.25) is 0 Å². The van der Waals surface area contributed by atoms with Crippen molar-refractivity contribution in [2.75, 3.05) is 5.32 Å². The maximum Gasteiger partial charge on any atom is 0.347 e. The lowest BCUT2D eigenvalue weighted by molar-refractivity contribution is 0.0701. The smallest absolute Gasteiger partial charge is 0.347 e. The molecule has 6 heteroatoms. The third kappa shape index (κ3) is 2.75. The summed E-state index contributed by atoms with van der Waals surface area (Å²) >= 11 is 3.36. The van der Waals surface area contributed by atoms with Crippen LogP contribution < -0.4 is 5.32 Å². The highest BCUT2D eigenvalue weighted by Crippen LogP contribution is 2.27. The number of carboxylic acid groups (broad SMARTS) is 1. The van der Waals surface area contributed by atoms with Gasteiger partial charge in [-0.3, -0.25) is 0 Å². The van der Waals surface area contributed by atoms with E-state index >= 15 is 0 Å². The summed E-state index contributed by atoms with van der Waals surface area (Å²) in [7, 11) is 0. The van der Waals surface area contributed by atoms with Gasteiger partial charge in [-0.15, -0.1) is 0 Å². The molecule has 0 saturated carbocycles. The van der Waals surface area contributed by atoms with Crippen LogP contribution in [0.4, 0.5) is 10.8 Å². The second-order valence-corrected chi connectivity index (χ2v) is 5.50. The highest BCUT2D eigenvalue weighted by atomic mass is 127. The molecule has 4 nitrogen and oxygen atoms in total. The molecule has 0 saturated heterocycles. The highest BCUT2D eigenvalue weighted by Gasteiger charge is 2.14. The average Bonchev–Trinajstić information content (AvgIpc) is 2.63. The number of hydrogen-bond donors (Lipinski definition) is 2. The fourth-order valence-electron chi connectivity index (χ4n) is 1.33. The highest BCUT2D eigenvalue weighted by molar-refractivity contribution is 14.1. The van der Waals surface area contributed by atoms with Gasteiger partial charge in [-0.25, -0.2) is 9.78 Å². The maximum absolute atomic E-state index is 10.9. The molecule has 1 aromatic carbocycles. The first-order chi connectivity index (χ1) is 8.08. The summed E-state index contributed by atoms with van der Waals surface area (Å²) < 4.78 is 1.06. The molecule has 0 fully saturated rings. The van der Waals surface area contributed by atoms with Crippen molar-refractivity contribution >= 4 is 50.7 Å². The molecule has 2 rings (SSSR count). The van der Waals surface area contributed by atoms with Crippen molar-refractivity contribution in [3.05, 3.63) is 38.4 Å². The van der Waals surface area contributed by atoms with Crippen LogP contribution in [0.5, 0.6) is 0 Å². The first-order valence-corrected chi connectivity index (χ1v) is 6.69. The lowest BCUT2D eigenvalue weighted by Gasteiger charge is -2.03. The van der Waals surface area contributed by atoms with Crippen molar-refractivity contribution in [1.82, 2.24) is 4.98 Å². The van der Waals surface area contributed by atoms with Gasteiger partial charge in [-0.05, 0) is 41.6 Å². The van der Waals surface area contributed by atoms with Crippen molar-refractivity contribution in [1.29, 1.82) is 0 Å². The molecule has 2 aromatic rings. The number of hydrogen-bond acceptors (Lipinski definition) is 4. The first-order valence-electron chi connectivity index (χ1n) is 4.80. The number of rotatable bonds is 3. The Morgan fingerprint density at radius 1 is 1.47 bits per heavy atom. The molecule has 0 aliphatic carbocycles. The monoisotopic (exact) mass is 360 g/mol. The molecule has 0 radical (unpaired) electrons. The van der Waals surface area contributed by atoms with Crippen LogP contribution in [-0.2, 0) is 0 Å².